The van der Waals surface area contributed by atoms with Gasteiger partial charge in [-0.05, 0) is 55.6 Å². The van der Waals surface area contributed by atoms with Crippen LogP contribution in [0.3, 0.4) is 0 Å². The Bertz CT molecular complexity index is 615. The van der Waals surface area contributed by atoms with Crippen molar-refractivity contribution >= 4 is 54.8 Å². The van der Waals surface area contributed by atoms with E-state index in [1.54, 1.807) is 11.3 Å². The summed E-state index contributed by atoms with van der Waals surface area (Å²) in [4.78, 5) is 0. The van der Waals surface area contributed by atoms with Crippen molar-refractivity contribution < 1.29 is 9.47 Å². The molecule has 0 spiro atoms. The van der Waals surface area contributed by atoms with Gasteiger partial charge in [0.2, 0.25) is 0 Å². The van der Waals surface area contributed by atoms with Gasteiger partial charge >= 0.3 is 0 Å². The Hall–Kier alpha value is -0.230. The predicted octanol–water partition coefficient (Wildman–Crippen LogP) is 5.37. The number of hydrogen-bond acceptors (Lipinski definition) is 3. The van der Waals surface area contributed by atoms with Gasteiger partial charge in [0, 0.05) is 5.56 Å². The molecule has 0 fully saturated rings. The lowest BCUT2D eigenvalue weighted by Crippen LogP contribution is -2.15. The summed E-state index contributed by atoms with van der Waals surface area (Å²) in [6.07, 6.45) is 0. The van der Waals surface area contributed by atoms with Crippen molar-refractivity contribution in [2.75, 3.05) is 13.2 Å². The third-order valence-corrected chi connectivity index (χ3v) is 5.69. The maximum atomic E-state index is 6.55. The van der Waals surface area contributed by atoms with Crippen LogP contribution < -0.4 is 9.47 Å². The fraction of sp³-hybridized carbons (Fsp3) is 0.231. The number of thiophene rings is 1. The maximum absolute atomic E-state index is 6.55. The van der Waals surface area contributed by atoms with Gasteiger partial charge in [0.15, 0.2) is 11.5 Å². The lowest BCUT2D eigenvalue weighted by molar-refractivity contribution is 0.171. The van der Waals surface area contributed by atoms with E-state index in [4.69, 9.17) is 21.1 Å². The summed E-state index contributed by atoms with van der Waals surface area (Å²) >= 11 is 15.2. The molecule has 2 nitrogen and oxygen atoms in total. The minimum Gasteiger partial charge on any atom is -0.486 e. The molecule has 2 heterocycles. The van der Waals surface area contributed by atoms with E-state index in [1.807, 2.05) is 24.3 Å². The van der Waals surface area contributed by atoms with E-state index >= 15 is 0 Å². The summed E-state index contributed by atoms with van der Waals surface area (Å²) in [7, 11) is 0. The van der Waals surface area contributed by atoms with Crippen LogP contribution in [0.25, 0.3) is 0 Å². The fourth-order valence-corrected chi connectivity index (χ4v) is 5.33. The Balaban J connectivity index is 1.95. The largest absolute Gasteiger partial charge is 0.486 e. The first-order valence-corrected chi connectivity index (χ1v) is 8.47. The van der Waals surface area contributed by atoms with E-state index in [0.29, 0.717) is 13.2 Å². The Morgan fingerprint density at radius 2 is 1.84 bits per heavy atom. The van der Waals surface area contributed by atoms with Crippen LogP contribution in [-0.2, 0) is 0 Å². The van der Waals surface area contributed by atoms with E-state index in [2.05, 4.69) is 31.9 Å². The molecule has 1 aliphatic rings. The molecule has 6 heteroatoms. The molecule has 1 unspecified atom stereocenters. The molecule has 0 amide bonds. The van der Waals surface area contributed by atoms with E-state index in [1.165, 1.54) is 0 Å². The van der Waals surface area contributed by atoms with Gasteiger partial charge in [0.1, 0.15) is 13.2 Å². The molecule has 2 aromatic rings. The lowest BCUT2D eigenvalue weighted by Gasteiger charge is -2.20. The van der Waals surface area contributed by atoms with Crippen LogP contribution >= 0.6 is 54.8 Å². The average molecular weight is 425 g/mol. The summed E-state index contributed by atoms with van der Waals surface area (Å²) in [5, 5.41) is -0.215. The zero-order chi connectivity index (χ0) is 13.4. The second-order valence-electron chi connectivity index (χ2n) is 4.05. The highest BCUT2D eigenvalue weighted by molar-refractivity contribution is 9.12. The first kappa shape index (κ1) is 13.7. The summed E-state index contributed by atoms with van der Waals surface area (Å²) in [6, 6.07) is 7.87. The van der Waals surface area contributed by atoms with Crippen molar-refractivity contribution in [3.05, 3.63) is 43.0 Å². The van der Waals surface area contributed by atoms with E-state index in [9.17, 15) is 0 Å². The smallest absolute Gasteiger partial charge is 0.161 e. The molecule has 1 atom stereocenters. The quantitative estimate of drug-likeness (QED) is 0.603. The van der Waals surface area contributed by atoms with Crippen molar-refractivity contribution in [3.63, 3.8) is 0 Å². The van der Waals surface area contributed by atoms with Crippen molar-refractivity contribution in [3.8, 4) is 11.5 Å². The molecule has 1 aromatic heterocycles. The van der Waals surface area contributed by atoms with Gasteiger partial charge in [-0.15, -0.1) is 22.9 Å². The van der Waals surface area contributed by atoms with Crippen molar-refractivity contribution in [1.29, 1.82) is 0 Å². The predicted molar refractivity (Wildman–Crippen MR) is 84.8 cm³/mol. The average Bonchev–Trinajstić information content (AvgIpc) is 2.76. The van der Waals surface area contributed by atoms with Gasteiger partial charge in [-0.2, -0.15) is 0 Å². The second-order valence-corrected chi connectivity index (χ2v) is 8.23. The molecule has 0 saturated heterocycles. The third-order valence-electron chi connectivity index (χ3n) is 2.81. The van der Waals surface area contributed by atoms with E-state index in [-0.39, 0.29) is 5.38 Å². The second kappa shape index (κ2) is 5.64. The van der Waals surface area contributed by atoms with Crippen molar-refractivity contribution in [2.45, 2.75) is 5.38 Å². The van der Waals surface area contributed by atoms with Crippen LogP contribution in [0, 0.1) is 0 Å². The highest BCUT2D eigenvalue weighted by atomic mass is 79.9. The molecule has 0 bridgehead atoms. The molecule has 0 aliphatic carbocycles. The van der Waals surface area contributed by atoms with Gasteiger partial charge in [-0.1, -0.05) is 6.07 Å². The number of benzene rings is 1. The van der Waals surface area contributed by atoms with Gasteiger partial charge in [0.25, 0.3) is 0 Å². The molecule has 0 N–H and O–H groups in total. The number of fused-ring (bicyclic) bond motifs is 1. The van der Waals surface area contributed by atoms with E-state index in [0.717, 1.165) is 30.2 Å². The highest BCUT2D eigenvalue weighted by Crippen LogP contribution is 2.42. The molecule has 1 aromatic carbocycles. The number of rotatable bonds is 2. The minimum absolute atomic E-state index is 0.215. The molecule has 19 heavy (non-hydrogen) atoms. The van der Waals surface area contributed by atoms with Crippen LogP contribution in [0.4, 0.5) is 0 Å². The van der Waals surface area contributed by atoms with Crippen molar-refractivity contribution in [2.24, 2.45) is 0 Å². The van der Waals surface area contributed by atoms with Crippen LogP contribution in [0.2, 0.25) is 0 Å². The zero-order valence-corrected chi connectivity index (χ0v) is 14.4. The van der Waals surface area contributed by atoms with E-state index < -0.39 is 0 Å². The monoisotopic (exact) mass is 422 g/mol. The Kier molecular flexibility index (Phi) is 4.08. The Morgan fingerprint density at radius 3 is 2.53 bits per heavy atom. The van der Waals surface area contributed by atoms with Crippen LogP contribution in [0.15, 0.2) is 31.8 Å². The first-order valence-electron chi connectivity index (χ1n) is 5.63. The Labute approximate surface area is 136 Å². The van der Waals surface area contributed by atoms with Crippen LogP contribution in [-0.4, -0.2) is 13.2 Å². The minimum atomic E-state index is -0.215. The van der Waals surface area contributed by atoms with Crippen molar-refractivity contribution in [1.82, 2.24) is 0 Å². The number of alkyl halides is 1. The summed E-state index contributed by atoms with van der Waals surface area (Å²) in [6.45, 7) is 1.18. The van der Waals surface area contributed by atoms with Gasteiger partial charge in [-0.25, -0.2) is 0 Å². The number of hydrogen-bond donors (Lipinski definition) is 0. The molecule has 100 valence electrons. The Morgan fingerprint density at radius 1 is 1.11 bits per heavy atom. The van der Waals surface area contributed by atoms with Gasteiger partial charge in [0.05, 0.1) is 12.9 Å². The fourth-order valence-electron chi connectivity index (χ4n) is 1.92. The summed E-state index contributed by atoms with van der Waals surface area (Å²) in [5.41, 5.74) is 2.05. The molecule has 0 saturated carbocycles. The SMILES string of the molecule is ClC(c1ccc2c(c1)OCCO2)c1cc(Br)sc1Br. The molecule has 1 aliphatic heterocycles. The molecular formula is C13H9Br2ClO2S. The molecule has 3 rings (SSSR count). The highest BCUT2D eigenvalue weighted by Gasteiger charge is 2.20. The van der Waals surface area contributed by atoms with Crippen LogP contribution in [0.1, 0.15) is 16.5 Å². The summed E-state index contributed by atoms with van der Waals surface area (Å²) in [5.74, 6) is 1.55. The topological polar surface area (TPSA) is 18.5 Å². The van der Waals surface area contributed by atoms with Gasteiger partial charge < -0.3 is 9.47 Å². The molecule has 0 radical (unpaired) electrons. The standard InChI is InChI=1S/C13H9Br2ClO2S/c14-11-6-8(13(15)19-11)12(16)7-1-2-9-10(5-7)18-4-3-17-9/h1-2,5-6,12H,3-4H2. The molecular weight excluding hydrogens is 415 g/mol. The van der Waals surface area contributed by atoms with Crippen LogP contribution in [0.5, 0.6) is 11.5 Å². The normalized spacial score (nSPS) is 15.3. The maximum Gasteiger partial charge on any atom is 0.161 e. The third kappa shape index (κ3) is 2.79. The zero-order valence-electron chi connectivity index (χ0n) is 9.66. The number of ether oxygens (including phenoxy) is 2. The number of halogens is 3. The first-order chi connectivity index (χ1) is 9.15. The van der Waals surface area contributed by atoms with Gasteiger partial charge in [-0.3, -0.25) is 0 Å². The summed E-state index contributed by atoms with van der Waals surface area (Å²) < 4.78 is 13.2. The lowest BCUT2D eigenvalue weighted by atomic mass is 10.1.